The molecule has 2 heterocycles. The molecule has 2 N–H and O–H groups in total. The number of pyridine rings is 1. The summed E-state index contributed by atoms with van der Waals surface area (Å²) in [4.78, 5) is 4.83. The van der Waals surface area contributed by atoms with Crippen molar-refractivity contribution in [3.05, 3.63) is 120 Å². The Hall–Kier alpha value is -4.61. The molecule has 4 aromatic carbocycles. The van der Waals surface area contributed by atoms with Gasteiger partial charge in [-0.1, -0.05) is 77.9 Å². The van der Waals surface area contributed by atoms with Crippen molar-refractivity contribution < 1.29 is 4.74 Å². The van der Waals surface area contributed by atoms with Crippen LogP contribution in [0.4, 0.5) is 11.4 Å². The lowest BCUT2D eigenvalue weighted by Crippen LogP contribution is -2.14. The molecule has 0 amide bonds. The SMILES string of the molecule is CNC(C)c1ccccc1Nc1cc(Oc2ccc3c4ccccc4n(-c4cc(C(C)(C)C)ccn4)c3c2)cc(C(C)(C)C)c1. The second-order valence-corrected chi connectivity index (χ2v) is 14.0. The zero-order chi connectivity index (χ0) is 31.9. The highest BCUT2D eigenvalue weighted by Gasteiger charge is 2.20. The van der Waals surface area contributed by atoms with Gasteiger partial charge in [-0.25, -0.2) is 4.98 Å². The summed E-state index contributed by atoms with van der Waals surface area (Å²) in [5.74, 6) is 2.47. The summed E-state index contributed by atoms with van der Waals surface area (Å²) in [7, 11) is 1.99. The Bertz CT molecular complexity index is 1990. The predicted octanol–water partition coefficient (Wildman–Crippen LogP) is 10.6. The first-order chi connectivity index (χ1) is 21.4. The van der Waals surface area contributed by atoms with Gasteiger partial charge in [0.05, 0.1) is 11.0 Å². The van der Waals surface area contributed by atoms with E-state index in [1.54, 1.807) is 0 Å². The first kappa shape index (κ1) is 30.4. The van der Waals surface area contributed by atoms with E-state index in [1.165, 1.54) is 27.5 Å². The molecular weight excluding hydrogens is 552 g/mol. The number of fused-ring (bicyclic) bond motifs is 3. The number of hydrogen-bond acceptors (Lipinski definition) is 4. The predicted molar refractivity (Wildman–Crippen MR) is 190 cm³/mol. The number of rotatable bonds is 7. The Balaban J connectivity index is 1.44. The van der Waals surface area contributed by atoms with Gasteiger partial charge >= 0.3 is 0 Å². The zero-order valence-corrected chi connectivity index (χ0v) is 27.7. The van der Waals surface area contributed by atoms with E-state index < -0.39 is 0 Å². The van der Waals surface area contributed by atoms with Gasteiger partial charge in [0.2, 0.25) is 0 Å². The van der Waals surface area contributed by atoms with Crippen LogP contribution in [0.3, 0.4) is 0 Å². The summed E-state index contributed by atoms with van der Waals surface area (Å²) in [6, 6.07) is 34.3. The summed E-state index contributed by atoms with van der Waals surface area (Å²) >= 11 is 0. The summed E-state index contributed by atoms with van der Waals surface area (Å²) in [5, 5.41) is 9.42. The van der Waals surface area contributed by atoms with E-state index in [9.17, 15) is 0 Å². The number of ether oxygens (including phenoxy) is 1. The molecule has 0 spiro atoms. The normalized spacial score (nSPS) is 12.9. The van der Waals surface area contributed by atoms with Gasteiger partial charge in [-0.2, -0.15) is 0 Å². The van der Waals surface area contributed by atoms with Crippen LogP contribution in [-0.4, -0.2) is 16.6 Å². The van der Waals surface area contributed by atoms with Crippen molar-refractivity contribution >= 4 is 33.2 Å². The van der Waals surface area contributed by atoms with Crippen LogP contribution in [0, 0.1) is 0 Å². The monoisotopic (exact) mass is 596 g/mol. The van der Waals surface area contributed by atoms with Crippen LogP contribution in [0.25, 0.3) is 27.6 Å². The fraction of sp³-hybridized carbons (Fsp3) is 0.275. The van der Waals surface area contributed by atoms with Crippen LogP contribution in [0.15, 0.2) is 103 Å². The van der Waals surface area contributed by atoms with Gasteiger partial charge in [0.1, 0.15) is 17.3 Å². The van der Waals surface area contributed by atoms with E-state index in [0.717, 1.165) is 39.7 Å². The highest BCUT2D eigenvalue weighted by Crippen LogP contribution is 2.38. The molecule has 5 nitrogen and oxygen atoms in total. The molecule has 6 aromatic rings. The molecule has 0 aliphatic carbocycles. The molecule has 0 bridgehead atoms. The van der Waals surface area contributed by atoms with Gasteiger partial charge < -0.3 is 15.4 Å². The maximum absolute atomic E-state index is 6.68. The number of aromatic nitrogens is 2. The molecule has 6 rings (SSSR count). The molecule has 0 aliphatic rings. The smallest absolute Gasteiger partial charge is 0.137 e. The van der Waals surface area contributed by atoms with Crippen molar-refractivity contribution in [2.45, 2.75) is 65.3 Å². The topological polar surface area (TPSA) is 51.1 Å². The fourth-order valence-corrected chi connectivity index (χ4v) is 5.87. The highest BCUT2D eigenvalue weighted by atomic mass is 16.5. The molecular formula is C40H44N4O. The Morgan fingerprint density at radius 1 is 0.689 bits per heavy atom. The fourth-order valence-electron chi connectivity index (χ4n) is 5.87. The number of nitrogens with zero attached hydrogens (tertiary/aromatic N) is 2. The second kappa shape index (κ2) is 11.7. The summed E-state index contributed by atoms with van der Waals surface area (Å²) in [6.07, 6.45) is 1.92. The maximum atomic E-state index is 6.68. The van der Waals surface area contributed by atoms with E-state index in [4.69, 9.17) is 9.72 Å². The summed E-state index contributed by atoms with van der Waals surface area (Å²) in [6.45, 7) is 15.6. The Morgan fingerprint density at radius 3 is 2.16 bits per heavy atom. The van der Waals surface area contributed by atoms with Crippen LogP contribution in [0.1, 0.15) is 71.2 Å². The van der Waals surface area contributed by atoms with E-state index >= 15 is 0 Å². The number of nitrogens with one attached hydrogen (secondary N) is 2. The van der Waals surface area contributed by atoms with E-state index in [1.807, 2.05) is 13.2 Å². The van der Waals surface area contributed by atoms with Crippen molar-refractivity contribution in [2.24, 2.45) is 0 Å². The zero-order valence-electron chi connectivity index (χ0n) is 27.7. The van der Waals surface area contributed by atoms with Crippen LogP contribution in [0.5, 0.6) is 11.5 Å². The van der Waals surface area contributed by atoms with E-state index in [0.29, 0.717) is 0 Å². The van der Waals surface area contributed by atoms with Gasteiger partial charge in [-0.15, -0.1) is 0 Å². The number of benzene rings is 4. The molecule has 0 fully saturated rings. The number of para-hydroxylation sites is 2. The maximum Gasteiger partial charge on any atom is 0.137 e. The second-order valence-electron chi connectivity index (χ2n) is 14.0. The molecule has 5 heteroatoms. The third-order valence-electron chi connectivity index (χ3n) is 8.63. The van der Waals surface area contributed by atoms with Crippen molar-refractivity contribution in [1.29, 1.82) is 0 Å². The van der Waals surface area contributed by atoms with Crippen LogP contribution in [-0.2, 0) is 10.8 Å². The number of hydrogen-bond donors (Lipinski definition) is 2. The van der Waals surface area contributed by atoms with Crippen LogP contribution < -0.4 is 15.4 Å². The molecule has 0 saturated carbocycles. The van der Waals surface area contributed by atoms with Gasteiger partial charge in [0.15, 0.2) is 0 Å². The molecule has 1 atom stereocenters. The molecule has 0 radical (unpaired) electrons. The standard InChI is InChI=1S/C40H44N4O/c1-26(41-8)32-13-9-11-15-35(32)43-29-21-28(40(5,6)7)22-31(24-29)45-30-17-18-34-33-14-10-12-16-36(33)44(37(34)25-30)38-23-27(19-20-42-38)39(2,3)4/h9-26,41,43H,1-8H3. The molecule has 2 aromatic heterocycles. The lowest BCUT2D eigenvalue weighted by Gasteiger charge is -2.23. The third-order valence-corrected chi connectivity index (χ3v) is 8.63. The average Bonchev–Trinajstić information content (AvgIpc) is 3.33. The molecule has 0 aliphatic heterocycles. The average molecular weight is 597 g/mol. The first-order valence-corrected chi connectivity index (χ1v) is 15.8. The van der Waals surface area contributed by atoms with Crippen LogP contribution in [0.2, 0.25) is 0 Å². The summed E-state index contributed by atoms with van der Waals surface area (Å²) in [5.41, 5.74) is 7.86. The lowest BCUT2D eigenvalue weighted by atomic mass is 9.86. The minimum atomic E-state index is -0.0618. The van der Waals surface area contributed by atoms with Crippen LogP contribution >= 0.6 is 0 Å². The molecule has 1 unspecified atom stereocenters. The van der Waals surface area contributed by atoms with Crippen molar-refractivity contribution in [3.63, 3.8) is 0 Å². The lowest BCUT2D eigenvalue weighted by molar-refractivity contribution is 0.479. The minimum absolute atomic E-state index is 0.0140. The van der Waals surface area contributed by atoms with E-state index in [-0.39, 0.29) is 16.9 Å². The van der Waals surface area contributed by atoms with Gasteiger partial charge in [-0.3, -0.25) is 4.57 Å². The van der Waals surface area contributed by atoms with Gasteiger partial charge in [0, 0.05) is 46.5 Å². The van der Waals surface area contributed by atoms with Crippen molar-refractivity contribution in [3.8, 4) is 17.3 Å². The minimum Gasteiger partial charge on any atom is -0.457 e. The van der Waals surface area contributed by atoms with Crippen molar-refractivity contribution in [1.82, 2.24) is 14.9 Å². The number of anilines is 2. The Kier molecular flexibility index (Phi) is 7.92. The molecule has 0 saturated heterocycles. The molecule has 230 valence electrons. The third kappa shape index (κ3) is 6.18. The highest BCUT2D eigenvalue weighted by molar-refractivity contribution is 6.09. The van der Waals surface area contributed by atoms with Crippen molar-refractivity contribution in [2.75, 3.05) is 12.4 Å². The van der Waals surface area contributed by atoms with Gasteiger partial charge in [-0.05, 0) is 90.0 Å². The summed E-state index contributed by atoms with van der Waals surface area (Å²) < 4.78 is 8.93. The van der Waals surface area contributed by atoms with E-state index in [2.05, 4.69) is 161 Å². The quantitative estimate of drug-likeness (QED) is 0.192. The Labute approximate surface area is 267 Å². The Morgan fingerprint density at radius 2 is 1.40 bits per heavy atom. The van der Waals surface area contributed by atoms with Gasteiger partial charge in [0.25, 0.3) is 0 Å². The first-order valence-electron chi connectivity index (χ1n) is 15.8. The molecule has 45 heavy (non-hydrogen) atoms. The largest absolute Gasteiger partial charge is 0.457 e.